The van der Waals surface area contributed by atoms with Gasteiger partial charge in [0.15, 0.2) is 5.03 Å². The number of hydrogen-bond acceptors (Lipinski definition) is 3. The zero-order valence-corrected chi connectivity index (χ0v) is 11.9. The standard InChI is InChI=1S/C10H8BrF2N3O2S/c1-5-14-4-10(15-5)19(17,18)16-9-2-6(11)7(12)3-8(9)13/h2-4,16H,1H3,(H,14,15). The molecule has 0 radical (unpaired) electrons. The minimum atomic E-state index is -4.00. The summed E-state index contributed by atoms with van der Waals surface area (Å²) in [6.45, 7) is 1.58. The number of aryl methyl sites for hydroxylation is 1. The van der Waals surface area contributed by atoms with Crippen molar-refractivity contribution < 1.29 is 17.2 Å². The van der Waals surface area contributed by atoms with Crippen molar-refractivity contribution in [2.45, 2.75) is 11.9 Å². The fourth-order valence-electron chi connectivity index (χ4n) is 1.34. The molecule has 1 heterocycles. The van der Waals surface area contributed by atoms with Gasteiger partial charge in [0.25, 0.3) is 10.0 Å². The Kier molecular flexibility index (Phi) is 3.59. The Morgan fingerprint density at radius 2 is 2.00 bits per heavy atom. The van der Waals surface area contributed by atoms with E-state index in [0.29, 0.717) is 11.9 Å². The van der Waals surface area contributed by atoms with Gasteiger partial charge < -0.3 is 4.98 Å². The second-order valence-electron chi connectivity index (χ2n) is 3.68. The molecule has 0 spiro atoms. The van der Waals surface area contributed by atoms with Crippen LogP contribution in [0.15, 0.2) is 27.8 Å². The van der Waals surface area contributed by atoms with Crippen molar-refractivity contribution >= 4 is 31.6 Å². The number of imidazole rings is 1. The van der Waals surface area contributed by atoms with Crippen LogP contribution in [0, 0.1) is 18.6 Å². The molecule has 0 amide bonds. The van der Waals surface area contributed by atoms with E-state index in [4.69, 9.17) is 0 Å². The number of rotatable bonds is 3. The monoisotopic (exact) mass is 351 g/mol. The maximum absolute atomic E-state index is 13.5. The number of H-pyrrole nitrogens is 1. The summed E-state index contributed by atoms with van der Waals surface area (Å²) < 4.78 is 52.3. The molecule has 0 aliphatic carbocycles. The molecular weight excluding hydrogens is 344 g/mol. The predicted octanol–water partition coefficient (Wildman–Crippen LogP) is 2.56. The molecule has 0 saturated carbocycles. The average molecular weight is 352 g/mol. The highest BCUT2D eigenvalue weighted by atomic mass is 79.9. The van der Waals surface area contributed by atoms with Crippen LogP contribution >= 0.6 is 15.9 Å². The third kappa shape index (κ3) is 2.92. The number of hydrogen-bond donors (Lipinski definition) is 2. The van der Waals surface area contributed by atoms with E-state index in [1.165, 1.54) is 0 Å². The zero-order valence-electron chi connectivity index (χ0n) is 9.54. The molecule has 1 aromatic carbocycles. The van der Waals surface area contributed by atoms with Gasteiger partial charge in [0, 0.05) is 6.07 Å². The highest BCUT2D eigenvalue weighted by molar-refractivity contribution is 9.10. The Bertz CT molecular complexity index is 730. The summed E-state index contributed by atoms with van der Waals surface area (Å²) in [4.78, 5) is 6.25. The second kappa shape index (κ2) is 4.89. The van der Waals surface area contributed by atoms with Gasteiger partial charge in [-0.1, -0.05) is 0 Å². The van der Waals surface area contributed by atoms with Gasteiger partial charge in [-0.2, -0.15) is 8.42 Å². The van der Waals surface area contributed by atoms with Crippen molar-refractivity contribution in [1.29, 1.82) is 0 Å². The summed E-state index contributed by atoms with van der Waals surface area (Å²) in [7, 11) is -4.00. The van der Waals surface area contributed by atoms with Crippen LogP contribution in [-0.4, -0.2) is 18.4 Å². The van der Waals surface area contributed by atoms with E-state index in [2.05, 4.69) is 25.9 Å². The first-order valence-electron chi connectivity index (χ1n) is 4.98. The van der Waals surface area contributed by atoms with Gasteiger partial charge in [-0.3, -0.25) is 4.72 Å². The van der Waals surface area contributed by atoms with Crippen LogP contribution in [-0.2, 0) is 10.0 Å². The van der Waals surface area contributed by atoms with Crippen molar-refractivity contribution in [3.05, 3.63) is 40.3 Å². The third-order valence-electron chi connectivity index (χ3n) is 2.22. The molecule has 2 N–H and O–H groups in total. The number of anilines is 1. The molecule has 0 fully saturated rings. The SMILES string of the molecule is Cc1ncc(S(=O)(=O)Nc2cc(Br)c(F)cc2F)[nH]1. The minimum Gasteiger partial charge on any atom is -0.332 e. The first kappa shape index (κ1) is 13.9. The van der Waals surface area contributed by atoms with Gasteiger partial charge in [-0.15, -0.1) is 0 Å². The molecular formula is C10H8BrF2N3O2S. The van der Waals surface area contributed by atoms with E-state index in [0.717, 1.165) is 12.3 Å². The lowest BCUT2D eigenvalue weighted by Gasteiger charge is -2.08. The van der Waals surface area contributed by atoms with E-state index in [-0.39, 0.29) is 15.2 Å². The lowest BCUT2D eigenvalue weighted by atomic mass is 10.3. The number of aromatic nitrogens is 2. The third-order valence-corrected chi connectivity index (χ3v) is 4.11. The van der Waals surface area contributed by atoms with Gasteiger partial charge in [0.1, 0.15) is 17.5 Å². The van der Waals surface area contributed by atoms with Gasteiger partial charge in [0.05, 0.1) is 16.4 Å². The van der Waals surface area contributed by atoms with Crippen molar-refractivity contribution in [2.75, 3.05) is 4.72 Å². The molecule has 2 aromatic rings. The first-order chi connectivity index (χ1) is 8.79. The maximum atomic E-state index is 13.5. The molecule has 0 aliphatic rings. The first-order valence-corrected chi connectivity index (χ1v) is 7.26. The number of nitrogens with one attached hydrogen (secondary N) is 2. The van der Waals surface area contributed by atoms with Gasteiger partial charge >= 0.3 is 0 Å². The normalized spacial score (nSPS) is 11.6. The molecule has 0 bridgehead atoms. The van der Waals surface area contributed by atoms with Crippen LogP contribution < -0.4 is 4.72 Å². The van der Waals surface area contributed by atoms with Crippen molar-refractivity contribution in [1.82, 2.24) is 9.97 Å². The van der Waals surface area contributed by atoms with Crippen LogP contribution in [0.25, 0.3) is 0 Å². The van der Waals surface area contributed by atoms with E-state index < -0.39 is 21.7 Å². The fraction of sp³-hybridized carbons (Fsp3) is 0.100. The molecule has 0 atom stereocenters. The molecule has 5 nitrogen and oxygen atoms in total. The number of sulfonamides is 1. The highest BCUT2D eigenvalue weighted by Gasteiger charge is 2.19. The lowest BCUT2D eigenvalue weighted by molar-refractivity contribution is 0.578. The Morgan fingerprint density at radius 3 is 2.58 bits per heavy atom. The summed E-state index contributed by atoms with van der Waals surface area (Å²) in [5.74, 6) is -1.43. The topological polar surface area (TPSA) is 74.8 Å². The van der Waals surface area contributed by atoms with Crippen LogP contribution in [0.1, 0.15) is 5.82 Å². The molecule has 0 saturated heterocycles. The van der Waals surface area contributed by atoms with Crippen LogP contribution in [0.3, 0.4) is 0 Å². The van der Waals surface area contributed by atoms with Crippen LogP contribution in [0.2, 0.25) is 0 Å². The van der Waals surface area contributed by atoms with E-state index in [1.807, 2.05) is 4.72 Å². The molecule has 1 aromatic heterocycles. The predicted molar refractivity (Wildman–Crippen MR) is 68.2 cm³/mol. The Morgan fingerprint density at radius 1 is 1.32 bits per heavy atom. The van der Waals surface area contributed by atoms with E-state index >= 15 is 0 Å². The molecule has 0 aliphatic heterocycles. The molecule has 0 unspecified atom stereocenters. The number of aromatic amines is 1. The highest BCUT2D eigenvalue weighted by Crippen LogP contribution is 2.25. The summed E-state index contributed by atoms with van der Waals surface area (Å²) >= 11 is 2.85. The lowest BCUT2D eigenvalue weighted by Crippen LogP contribution is -2.14. The van der Waals surface area contributed by atoms with Gasteiger partial charge in [0.2, 0.25) is 0 Å². The van der Waals surface area contributed by atoms with Gasteiger partial charge in [-0.25, -0.2) is 13.8 Å². The second-order valence-corrected chi connectivity index (χ2v) is 6.19. The maximum Gasteiger partial charge on any atom is 0.279 e. The van der Waals surface area contributed by atoms with Crippen molar-refractivity contribution in [3.8, 4) is 0 Å². The van der Waals surface area contributed by atoms with E-state index in [9.17, 15) is 17.2 Å². The average Bonchev–Trinajstić information content (AvgIpc) is 2.73. The number of halogens is 3. The fourth-order valence-corrected chi connectivity index (χ4v) is 2.71. The largest absolute Gasteiger partial charge is 0.332 e. The Hall–Kier alpha value is -1.48. The van der Waals surface area contributed by atoms with Crippen molar-refractivity contribution in [2.24, 2.45) is 0 Å². The Labute approximate surface area is 116 Å². The van der Waals surface area contributed by atoms with Gasteiger partial charge in [-0.05, 0) is 28.9 Å². The summed E-state index contributed by atoms with van der Waals surface area (Å²) in [6.07, 6.45) is 1.11. The van der Waals surface area contributed by atoms with Crippen LogP contribution in [0.4, 0.5) is 14.5 Å². The van der Waals surface area contributed by atoms with Crippen molar-refractivity contribution in [3.63, 3.8) is 0 Å². The number of nitrogens with zero attached hydrogens (tertiary/aromatic N) is 1. The minimum absolute atomic E-state index is 0.0487. The zero-order chi connectivity index (χ0) is 14.2. The smallest absolute Gasteiger partial charge is 0.279 e. The molecule has 19 heavy (non-hydrogen) atoms. The molecule has 9 heteroatoms. The Balaban J connectivity index is 2.38. The van der Waals surface area contributed by atoms with E-state index in [1.54, 1.807) is 6.92 Å². The number of benzene rings is 1. The summed E-state index contributed by atoms with van der Waals surface area (Å²) in [6, 6.07) is 1.59. The molecule has 2 rings (SSSR count). The summed E-state index contributed by atoms with van der Waals surface area (Å²) in [5.41, 5.74) is -0.361. The van der Waals surface area contributed by atoms with Crippen LogP contribution in [0.5, 0.6) is 0 Å². The molecule has 102 valence electrons. The quantitative estimate of drug-likeness (QED) is 0.834. The summed E-state index contributed by atoms with van der Waals surface area (Å²) in [5, 5.41) is -0.204.